The summed E-state index contributed by atoms with van der Waals surface area (Å²) in [6, 6.07) is 4.15. The zero-order chi connectivity index (χ0) is 22.6. The molecular weight excluding hydrogens is 475 g/mol. The van der Waals surface area contributed by atoms with E-state index in [0.717, 1.165) is 6.42 Å². The Balaban J connectivity index is 1.63. The van der Waals surface area contributed by atoms with Crippen molar-refractivity contribution in [2.75, 3.05) is 25.0 Å². The third-order valence-corrected chi connectivity index (χ3v) is 5.07. The van der Waals surface area contributed by atoms with Crippen molar-refractivity contribution in [3.8, 4) is 0 Å². The average Bonchev–Trinajstić information content (AvgIpc) is 3.35. The number of nitrogens with one attached hydrogen (secondary N) is 2. The van der Waals surface area contributed by atoms with Gasteiger partial charge < -0.3 is 15.0 Å². The van der Waals surface area contributed by atoms with Crippen LogP contribution >= 0.6 is 15.9 Å². The minimum Gasteiger partial charge on any atom is -0.444 e. The number of carbonyl (C=O) groups excluding carboxylic acids is 1. The third-order valence-electron chi connectivity index (χ3n) is 4.46. The normalized spacial score (nSPS) is 17.0. The molecule has 0 spiro atoms. The first kappa shape index (κ1) is 22.9. The van der Waals surface area contributed by atoms with E-state index >= 15 is 0 Å². The lowest BCUT2D eigenvalue weighted by molar-refractivity contribution is 0.0289. The number of nitrogens with zero attached hydrogens (tertiary/aromatic N) is 4. The van der Waals surface area contributed by atoms with Crippen LogP contribution in [0, 0.1) is 11.7 Å². The lowest BCUT2D eigenvalue weighted by Gasteiger charge is -2.24. The molecule has 168 valence electrons. The van der Waals surface area contributed by atoms with E-state index in [1.165, 1.54) is 18.2 Å². The van der Waals surface area contributed by atoms with Gasteiger partial charge in [0.05, 0.1) is 10.2 Å². The lowest BCUT2D eigenvalue weighted by Crippen LogP contribution is -2.35. The number of ether oxygens (including phenoxy) is 1. The fraction of sp³-hybridized carbons (Fsp3) is 0.474. The molecule has 2 heterocycles. The predicted octanol–water partition coefficient (Wildman–Crippen LogP) is 3.70. The van der Waals surface area contributed by atoms with Gasteiger partial charge in [0.1, 0.15) is 11.4 Å². The topological polar surface area (TPSA) is 125 Å². The van der Waals surface area contributed by atoms with Crippen LogP contribution in [0.1, 0.15) is 32.9 Å². The van der Waals surface area contributed by atoms with E-state index in [1.807, 2.05) is 26.3 Å². The number of hydrogen-bond donors (Lipinski definition) is 3. The Morgan fingerprint density at radius 2 is 2.23 bits per heavy atom. The van der Waals surface area contributed by atoms with Gasteiger partial charge in [-0.3, -0.25) is 10.7 Å². The van der Waals surface area contributed by atoms with Crippen molar-refractivity contribution in [2.24, 2.45) is 10.9 Å². The van der Waals surface area contributed by atoms with Gasteiger partial charge in [0, 0.05) is 19.6 Å². The Hall–Kier alpha value is -2.73. The molecule has 1 aliphatic rings. The molecule has 0 bridgehead atoms. The van der Waals surface area contributed by atoms with Crippen LogP contribution in [0.3, 0.4) is 0 Å². The number of carbonyl (C=O) groups is 1. The Morgan fingerprint density at radius 3 is 2.90 bits per heavy atom. The molecule has 12 heteroatoms. The average molecular weight is 499 g/mol. The fourth-order valence-electron chi connectivity index (χ4n) is 3.01. The molecule has 1 unspecified atom stereocenters. The second-order valence-corrected chi connectivity index (χ2v) is 8.95. The van der Waals surface area contributed by atoms with Crippen LogP contribution < -0.4 is 10.8 Å². The van der Waals surface area contributed by atoms with Gasteiger partial charge in [-0.2, -0.15) is 0 Å². The van der Waals surface area contributed by atoms with Gasteiger partial charge in [-0.25, -0.2) is 18.8 Å². The van der Waals surface area contributed by atoms with Crippen LogP contribution in [-0.4, -0.2) is 57.6 Å². The maximum atomic E-state index is 13.4. The molecular formula is C19H24BrFN6O4. The Kier molecular flexibility index (Phi) is 7.11. The SMILES string of the molecule is CC(C)(C)OC(=O)N1CCC(CNc2nonc2C(=Nc2ccc(F)c(Br)c2)NO)C1. The second-order valence-electron chi connectivity index (χ2n) is 8.09. The van der Waals surface area contributed by atoms with E-state index < -0.39 is 11.4 Å². The number of amides is 1. The summed E-state index contributed by atoms with van der Waals surface area (Å²) < 4.78 is 23.9. The number of aromatic nitrogens is 2. The predicted molar refractivity (Wildman–Crippen MR) is 114 cm³/mol. The summed E-state index contributed by atoms with van der Waals surface area (Å²) in [5.41, 5.74) is 1.96. The van der Waals surface area contributed by atoms with E-state index in [9.17, 15) is 14.4 Å². The molecule has 0 radical (unpaired) electrons. The van der Waals surface area contributed by atoms with Gasteiger partial charge in [-0.05, 0) is 77.6 Å². The molecule has 3 N–H and O–H groups in total. The van der Waals surface area contributed by atoms with Gasteiger partial charge in [-0.1, -0.05) is 0 Å². The van der Waals surface area contributed by atoms with Gasteiger partial charge in [0.2, 0.25) is 5.82 Å². The van der Waals surface area contributed by atoms with Gasteiger partial charge >= 0.3 is 6.09 Å². The van der Waals surface area contributed by atoms with Crippen molar-refractivity contribution in [1.29, 1.82) is 0 Å². The summed E-state index contributed by atoms with van der Waals surface area (Å²) in [5.74, 6) is -0.00578. The van der Waals surface area contributed by atoms with Gasteiger partial charge in [0.15, 0.2) is 11.5 Å². The Labute approximate surface area is 186 Å². The minimum absolute atomic E-state index is 0.0240. The highest BCUT2D eigenvalue weighted by Gasteiger charge is 2.30. The number of rotatable bonds is 5. The molecule has 10 nitrogen and oxygen atoms in total. The second kappa shape index (κ2) is 9.60. The summed E-state index contributed by atoms with van der Waals surface area (Å²) in [5, 5.41) is 20.2. The van der Waals surface area contributed by atoms with E-state index in [0.29, 0.717) is 25.3 Å². The molecule has 0 aliphatic carbocycles. The minimum atomic E-state index is -0.540. The number of halogens is 2. The maximum absolute atomic E-state index is 13.4. The van der Waals surface area contributed by atoms with Crippen LogP contribution in [0.25, 0.3) is 0 Å². The summed E-state index contributed by atoms with van der Waals surface area (Å²) in [7, 11) is 0. The number of amidine groups is 1. The summed E-state index contributed by atoms with van der Waals surface area (Å²) in [4.78, 5) is 18.1. The number of hydrogen-bond acceptors (Lipinski definition) is 8. The monoisotopic (exact) mass is 498 g/mol. The number of benzene rings is 1. The Bertz CT molecular complexity index is 961. The molecule has 2 aromatic rings. The largest absolute Gasteiger partial charge is 0.444 e. The first-order valence-electron chi connectivity index (χ1n) is 9.65. The van der Waals surface area contributed by atoms with Gasteiger partial charge in [0.25, 0.3) is 0 Å². The summed E-state index contributed by atoms with van der Waals surface area (Å²) in [6.45, 7) is 7.15. The maximum Gasteiger partial charge on any atom is 0.410 e. The van der Waals surface area contributed by atoms with Crippen molar-refractivity contribution in [2.45, 2.75) is 32.8 Å². The molecule has 0 saturated carbocycles. The fourth-order valence-corrected chi connectivity index (χ4v) is 3.37. The highest BCUT2D eigenvalue weighted by Crippen LogP contribution is 2.24. The molecule has 1 aromatic heterocycles. The highest BCUT2D eigenvalue weighted by molar-refractivity contribution is 9.10. The zero-order valence-electron chi connectivity index (χ0n) is 17.4. The van der Waals surface area contributed by atoms with Crippen molar-refractivity contribution in [3.63, 3.8) is 0 Å². The Morgan fingerprint density at radius 1 is 1.45 bits per heavy atom. The summed E-state index contributed by atoms with van der Waals surface area (Å²) in [6.07, 6.45) is 0.471. The molecule has 31 heavy (non-hydrogen) atoms. The highest BCUT2D eigenvalue weighted by atomic mass is 79.9. The molecule has 1 amide bonds. The van der Waals surface area contributed by atoms with Crippen molar-refractivity contribution in [3.05, 3.63) is 34.2 Å². The van der Waals surface area contributed by atoms with E-state index in [4.69, 9.17) is 9.37 Å². The smallest absolute Gasteiger partial charge is 0.410 e. The number of aliphatic imine (C=N–C) groups is 1. The first-order valence-corrected chi connectivity index (χ1v) is 10.4. The van der Waals surface area contributed by atoms with Crippen LogP contribution in [0.4, 0.5) is 20.7 Å². The quantitative estimate of drug-likeness (QED) is 0.323. The number of likely N-dealkylation sites (tertiary alicyclic amines) is 1. The van der Waals surface area contributed by atoms with E-state index in [-0.39, 0.29) is 33.8 Å². The van der Waals surface area contributed by atoms with Crippen molar-refractivity contribution < 1.29 is 23.8 Å². The van der Waals surface area contributed by atoms with Gasteiger partial charge in [-0.15, -0.1) is 0 Å². The van der Waals surface area contributed by atoms with Crippen molar-refractivity contribution >= 4 is 39.4 Å². The molecule has 1 saturated heterocycles. The van der Waals surface area contributed by atoms with E-state index in [1.54, 1.807) is 4.90 Å². The third kappa shape index (κ3) is 6.14. The molecule has 1 aliphatic heterocycles. The summed E-state index contributed by atoms with van der Waals surface area (Å²) >= 11 is 3.09. The van der Waals surface area contributed by atoms with E-state index in [2.05, 4.69) is 36.6 Å². The van der Waals surface area contributed by atoms with Crippen LogP contribution in [0.5, 0.6) is 0 Å². The molecule has 3 rings (SSSR count). The number of anilines is 1. The lowest BCUT2D eigenvalue weighted by atomic mass is 10.1. The van der Waals surface area contributed by atoms with Crippen molar-refractivity contribution in [1.82, 2.24) is 20.7 Å². The van der Waals surface area contributed by atoms with Crippen LogP contribution in [-0.2, 0) is 4.74 Å². The molecule has 1 fully saturated rings. The first-order chi connectivity index (χ1) is 14.7. The number of hydroxylamine groups is 1. The zero-order valence-corrected chi connectivity index (χ0v) is 18.9. The van der Waals surface area contributed by atoms with Crippen LogP contribution in [0.15, 0.2) is 32.3 Å². The standard InChI is InChI=1S/C19H24BrFN6O4/c1-19(2,3)30-18(28)27-7-6-11(10-27)9-22-16-15(25-31-26-16)17(24-29)23-12-4-5-14(21)13(20)8-12/h4-5,8,11,29H,6-7,9-10H2,1-3H3,(H,22,26)(H,23,24). The molecule has 1 atom stereocenters. The van der Waals surface area contributed by atoms with Crippen LogP contribution in [0.2, 0.25) is 0 Å². The molecule has 1 aromatic carbocycles.